The van der Waals surface area contributed by atoms with Crippen molar-refractivity contribution in [2.45, 2.75) is 25.3 Å². The van der Waals surface area contributed by atoms with Crippen molar-refractivity contribution in [3.05, 3.63) is 64.7 Å². The van der Waals surface area contributed by atoms with E-state index >= 15 is 0 Å². The van der Waals surface area contributed by atoms with Crippen LogP contribution in [0.15, 0.2) is 48.5 Å². The maximum Gasteiger partial charge on any atom is 0.330 e. The van der Waals surface area contributed by atoms with E-state index in [1.165, 1.54) is 13.2 Å². The van der Waals surface area contributed by atoms with Crippen LogP contribution in [-0.4, -0.2) is 24.1 Å². The number of amides is 1. The zero-order valence-electron chi connectivity index (χ0n) is 14.0. The van der Waals surface area contributed by atoms with Gasteiger partial charge in [-0.1, -0.05) is 54.9 Å². The largest absolute Gasteiger partial charge is 0.495 e. The third kappa shape index (κ3) is 4.51. The lowest BCUT2D eigenvalue weighted by Gasteiger charge is -2.20. The molecule has 2 aromatic rings. The van der Waals surface area contributed by atoms with E-state index in [2.05, 4.69) is 5.32 Å². The van der Waals surface area contributed by atoms with Crippen LogP contribution in [0, 0.1) is 0 Å². The van der Waals surface area contributed by atoms with Crippen LogP contribution >= 0.6 is 11.6 Å². The van der Waals surface area contributed by atoms with Crippen LogP contribution < -0.4 is 10.1 Å². The lowest BCUT2D eigenvalue weighted by atomic mass is 9.95. The molecule has 0 aliphatic carbocycles. The molecule has 0 aromatic heterocycles. The highest BCUT2D eigenvalue weighted by molar-refractivity contribution is 6.32. The number of rotatable bonds is 7. The minimum Gasteiger partial charge on any atom is -0.495 e. The maximum absolute atomic E-state index is 12.6. The molecule has 2 atom stereocenters. The number of carbonyl (C=O) groups is 2. The summed E-state index contributed by atoms with van der Waals surface area (Å²) in [5, 5.41) is 12.4. The van der Waals surface area contributed by atoms with Gasteiger partial charge in [0.2, 0.25) is 5.91 Å². The highest BCUT2D eigenvalue weighted by Gasteiger charge is 2.27. The van der Waals surface area contributed by atoms with Crippen molar-refractivity contribution in [2.24, 2.45) is 0 Å². The smallest absolute Gasteiger partial charge is 0.330 e. The number of hydrogen-bond acceptors (Lipinski definition) is 3. The quantitative estimate of drug-likeness (QED) is 0.786. The lowest BCUT2D eigenvalue weighted by molar-refractivity contribution is -0.142. The molecule has 6 heteroatoms. The Morgan fingerprint density at radius 3 is 2.36 bits per heavy atom. The molecule has 0 aliphatic rings. The summed E-state index contributed by atoms with van der Waals surface area (Å²) in [5.41, 5.74) is 1.23. The summed E-state index contributed by atoms with van der Waals surface area (Å²) in [5.74, 6) is -1.47. The van der Waals surface area contributed by atoms with Gasteiger partial charge < -0.3 is 15.2 Å². The molecule has 0 saturated heterocycles. The fourth-order valence-corrected chi connectivity index (χ4v) is 2.92. The number of carboxylic acids is 1. The molecule has 0 aliphatic heterocycles. The number of aliphatic carboxylic acids is 1. The molecule has 132 valence electrons. The van der Waals surface area contributed by atoms with Gasteiger partial charge in [-0.05, 0) is 29.7 Å². The number of nitrogens with one attached hydrogen (secondary N) is 1. The predicted molar refractivity (Wildman–Crippen MR) is 96.0 cm³/mol. The van der Waals surface area contributed by atoms with Gasteiger partial charge in [0.1, 0.15) is 5.75 Å². The van der Waals surface area contributed by atoms with Crippen LogP contribution in [-0.2, 0) is 9.59 Å². The average molecular weight is 362 g/mol. The second-order valence-electron chi connectivity index (χ2n) is 5.55. The Bertz CT molecular complexity index is 748. The molecule has 2 unspecified atom stereocenters. The third-order valence-corrected chi connectivity index (χ3v) is 4.26. The van der Waals surface area contributed by atoms with Crippen LogP contribution in [0.4, 0.5) is 0 Å². The number of carboxylic acid groups (broad SMARTS) is 1. The number of methoxy groups -OCH3 is 1. The zero-order valence-corrected chi connectivity index (χ0v) is 14.8. The fraction of sp³-hybridized carbons (Fsp3) is 0.263. The van der Waals surface area contributed by atoms with E-state index < -0.39 is 17.9 Å². The Labute approximate surface area is 151 Å². The van der Waals surface area contributed by atoms with Gasteiger partial charge in [-0.15, -0.1) is 0 Å². The van der Waals surface area contributed by atoms with Gasteiger partial charge in [0.25, 0.3) is 0 Å². The monoisotopic (exact) mass is 361 g/mol. The minimum absolute atomic E-state index is 0.288. The predicted octanol–water partition coefficient (Wildman–Crippen LogP) is 3.78. The van der Waals surface area contributed by atoms with Crippen LogP contribution in [0.2, 0.25) is 5.02 Å². The van der Waals surface area contributed by atoms with Crippen LogP contribution in [0.1, 0.15) is 36.4 Å². The highest BCUT2D eigenvalue weighted by atomic mass is 35.5. The van der Waals surface area contributed by atoms with E-state index in [4.69, 9.17) is 16.3 Å². The van der Waals surface area contributed by atoms with Gasteiger partial charge in [-0.2, -0.15) is 0 Å². The first kappa shape index (κ1) is 18.8. The Balaban J connectivity index is 2.25. The van der Waals surface area contributed by atoms with Gasteiger partial charge in [-0.25, -0.2) is 4.79 Å². The van der Waals surface area contributed by atoms with Crippen LogP contribution in [0.3, 0.4) is 0 Å². The van der Waals surface area contributed by atoms with E-state index in [-0.39, 0.29) is 10.9 Å². The fourth-order valence-electron chi connectivity index (χ4n) is 2.65. The van der Waals surface area contributed by atoms with Gasteiger partial charge >= 0.3 is 5.97 Å². The van der Waals surface area contributed by atoms with E-state index in [1.54, 1.807) is 12.1 Å². The molecule has 2 aromatic carbocycles. The van der Waals surface area contributed by atoms with Crippen molar-refractivity contribution in [2.75, 3.05) is 7.11 Å². The highest BCUT2D eigenvalue weighted by Crippen LogP contribution is 2.28. The van der Waals surface area contributed by atoms with E-state index in [0.29, 0.717) is 17.7 Å². The summed E-state index contributed by atoms with van der Waals surface area (Å²) in [6, 6.07) is 12.7. The second kappa shape index (κ2) is 8.53. The van der Waals surface area contributed by atoms with Gasteiger partial charge in [0, 0.05) is 0 Å². The third-order valence-electron chi connectivity index (χ3n) is 3.97. The zero-order chi connectivity index (χ0) is 18.4. The molecule has 0 spiro atoms. The standard InChI is InChI=1S/C19H20ClNO4/c1-3-14(12-7-5-4-6-8-12)18(22)21-17(19(23)24)13-9-10-16(25-2)15(20)11-13/h4-11,14,17H,3H2,1-2H3,(H,21,22)(H,23,24). The molecule has 0 fully saturated rings. The van der Waals surface area contributed by atoms with Crippen LogP contribution in [0.25, 0.3) is 0 Å². The molecule has 5 nitrogen and oxygen atoms in total. The number of hydrogen-bond donors (Lipinski definition) is 2. The molecule has 0 heterocycles. The molecule has 0 saturated carbocycles. The Kier molecular flexibility index (Phi) is 6.42. The van der Waals surface area contributed by atoms with Gasteiger partial charge in [-0.3, -0.25) is 4.79 Å². The summed E-state index contributed by atoms with van der Waals surface area (Å²) >= 11 is 6.07. The molecular weight excluding hydrogens is 342 g/mol. The van der Waals surface area contributed by atoms with Crippen molar-refractivity contribution in [3.8, 4) is 5.75 Å². The van der Waals surface area contributed by atoms with Crippen molar-refractivity contribution in [3.63, 3.8) is 0 Å². The minimum atomic E-state index is -1.19. The molecular formula is C19H20ClNO4. The maximum atomic E-state index is 12.6. The number of ether oxygens (including phenoxy) is 1. The molecule has 2 N–H and O–H groups in total. The lowest BCUT2D eigenvalue weighted by Crippen LogP contribution is -2.36. The van der Waals surface area contributed by atoms with E-state index in [9.17, 15) is 14.7 Å². The summed E-state index contributed by atoms with van der Waals surface area (Å²) in [6.07, 6.45) is 0.561. The number of carbonyl (C=O) groups excluding carboxylic acids is 1. The van der Waals surface area contributed by atoms with Gasteiger partial charge in [0.05, 0.1) is 18.1 Å². The summed E-state index contributed by atoms with van der Waals surface area (Å²) in [4.78, 5) is 24.3. The Morgan fingerprint density at radius 1 is 1.16 bits per heavy atom. The first-order chi connectivity index (χ1) is 12.0. The van der Waals surface area contributed by atoms with Crippen molar-refractivity contribution in [1.82, 2.24) is 5.32 Å². The van der Waals surface area contributed by atoms with Crippen molar-refractivity contribution in [1.29, 1.82) is 0 Å². The first-order valence-electron chi connectivity index (χ1n) is 7.89. The number of halogens is 1. The Morgan fingerprint density at radius 2 is 1.84 bits per heavy atom. The average Bonchev–Trinajstić information content (AvgIpc) is 2.61. The SMILES string of the molecule is CCC(C(=O)NC(C(=O)O)c1ccc(OC)c(Cl)c1)c1ccccc1. The van der Waals surface area contributed by atoms with Crippen LogP contribution in [0.5, 0.6) is 5.75 Å². The summed E-state index contributed by atoms with van der Waals surface area (Å²) < 4.78 is 5.07. The van der Waals surface area contributed by atoms with Crippen molar-refractivity contribution >= 4 is 23.5 Å². The molecule has 0 bridgehead atoms. The van der Waals surface area contributed by atoms with E-state index in [0.717, 1.165) is 5.56 Å². The normalized spacial score (nSPS) is 12.9. The first-order valence-corrected chi connectivity index (χ1v) is 8.27. The molecule has 2 rings (SSSR count). The van der Waals surface area contributed by atoms with Crippen molar-refractivity contribution < 1.29 is 19.4 Å². The molecule has 1 amide bonds. The second-order valence-corrected chi connectivity index (χ2v) is 5.95. The summed E-state index contributed by atoms with van der Waals surface area (Å²) in [6.45, 7) is 1.89. The summed E-state index contributed by atoms with van der Waals surface area (Å²) in [7, 11) is 1.48. The molecule has 25 heavy (non-hydrogen) atoms. The Hall–Kier alpha value is -2.53. The molecule has 0 radical (unpaired) electrons. The van der Waals surface area contributed by atoms with E-state index in [1.807, 2.05) is 37.3 Å². The van der Waals surface area contributed by atoms with Gasteiger partial charge in [0.15, 0.2) is 6.04 Å². The number of benzene rings is 2. The topological polar surface area (TPSA) is 75.6 Å².